The van der Waals surface area contributed by atoms with Gasteiger partial charge in [0.05, 0.1) is 21.3 Å². The predicted molar refractivity (Wildman–Crippen MR) is 104 cm³/mol. The average molecular weight is 361 g/mol. The Labute approximate surface area is 156 Å². The molecule has 0 aromatic heterocycles. The van der Waals surface area contributed by atoms with Crippen LogP contribution >= 0.6 is 0 Å². The van der Waals surface area contributed by atoms with E-state index in [9.17, 15) is 0 Å². The maximum Gasteiger partial charge on any atom is 0.203 e. The molecule has 0 unspecified atom stereocenters. The third-order valence-corrected chi connectivity index (χ3v) is 5.83. The number of nitrogens with zero attached hydrogens (tertiary/aromatic N) is 2. The van der Waals surface area contributed by atoms with Gasteiger partial charge < -0.3 is 24.4 Å². The van der Waals surface area contributed by atoms with Crippen molar-refractivity contribution in [1.29, 1.82) is 0 Å². The molecular formula is C20H31N3O3. The maximum absolute atomic E-state index is 5.57. The second kappa shape index (κ2) is 8.06. The van der Waals surface area contributed by atoms with E-state index in [0.717, 1.165) is 43.3 Å². The van der Waals surface area contributed by atoms with Gasteiger partial charge in [0.1, 0.15) is 0 Å². The largest absolute Gasteiger partial charge is 0.493 e. The number of hydrogen-bond donors (Lipinski definition) is 1. The number of methoxy groups -OCH3 is 3. The van der Waals surface area contributed by atoms with Crippen LogP contribution in [0.4, 0.5) is 0 Å². The van der Waals surface area contributed by atoms with E-state index >= 15 is 0 Å². The Morgan fingerprint density at radius 1 is 1.12 bits per heavy atom. The zero-order valence-electron chi connectivity index (χ0n) is 16.4. The van der Waals surface area contributed by atoms with Crippen molar-refractivity contribution in [2.24, 2.45) is 10.4 Å². The predicted octanol–water partition coefficient (Wildman–Crippen LogP) is 2.71. The van der Waals surface area contributed by atoms with E-state index in [-0.39, 0.29) is 0 Å². The molecule has 1 aliphatic heterocycles. The summed E-state index contributed by atoms with van der Waals surface area (Å²) >= 11 is 0. The number of guanidine groups is 1. The molecule has 1 aromatic rings. The molecule has 1 N–H and O–H groups in total. The van der Waals surface area contributed by atoms with Gasteiger partial charge in [0.25, 0.3) is 0 Å². The topological polar surface area (TPSA) is 55.3 Å². The Morgan fingerprint density at radius 2 is 1.88 bits per heavy atom. The molecule has 6 nitrogen and oxygen atoms in total. The molecule has 0 bridgehead atoms. The summed E-state index contributed by atoms with van der Waals surface area (Å²) in [5.41, 5.74) is 1.66. The van der Waals surface area contributed by atoms with Crippen molar-refractivity contribution in [3.8, 4) is 17.2 Å². The monoisotopic (exact) mass is 361 g/mol. The lowest BCUT2D eigenvalue weighted by molar-refractivity contribution is 0.151. The molecule has 26 heavy (non-hydrogen) atoms. The maximum atomic E-state index is 5.57. The fraction of sp³-hybridized carbons (Fsp3) is 0.650. The van der Waals surface area contributed by atoms with Crippen molar-refractivity contribution >= 4 is 5.96 Å². The minimum absolute atomic E-state index is 0.574. The van der Waals surface area contributed by atoms with Gasteiger partial charge in [0.2, 0.25) is 5.75 Å². The Morgan fingerprint density at radius 3 is 2.42 bits per heavy atom. The van der Waals surface area contributed by atoms with E-state index in [2.05, 4.69) is 15.2 Å². The molecule has 1 spiro atoms. The van der Waals surface area contributed by atoms with Gasteiger partial charge in [-0.1, -0.05) is 12.5 Å². The molecule has 1 saturated heterocycles. The smallest absolute Gasteiger partial charge is 0.203 e. The molecular weight excluding hydrogens is 330 g/mol. The number of aliphatic imine (C=N–C) groups is 1. The number of benzene rings is 1. The highest BCUT2D eigenvalue weighted by Crippen LogP contribution is 2.47. The lowest BCUT2D eigenvalue weighted by atomic mass is 9.68. The van der Waals surface area contributed by atoms with Crippen LogP contribution in [0.25, 0.3) is 0 Å². The van der Waals surface area contributed by atoms with E-state index in [4.69, 9.17) is 14.2 Å². The van der Waals surface area contributed by atoms with E-state index < -0.39 is 0 Å². The van der Waals surface area contributed by atoms with Crippen LogP contribution in [0.3, 0.4) is 0 Å². The summed E-state index contributed by atoms with van der Waals surface area (Å²) in [6, 6.07) is 3.95. The highest BCUT2D eigenvalue weighted by molar-refractivity contribution is 5.80. The van der Waals surface area contributed by atoms with E-state index in [1.165, 1.54) is 25.7 Å². The van der Waals surface area contributed by atoms with Crippen LogP contribution in [0.15, 0.2) is 17.1 Å². The molecule has 1 saturated carbocycles. The molecule has 144 valence electrons. The van der Waals surface area contributed by atoms with Crippen molar-refractivity contribution in [2.75, 3.05) is 48.0 Å². The highest BCUT2D eigenvalue weighted by atomic mass is 16.5. The van der Waals surface area contributed by atoms with Gasteiger partial charge in [-0.2, -0.15) is 0 Å². The van der Waals surface area contributed by atoms with Crippen molar-refractivity contribution < 1.29 is 14.2 Å². The summed E-state index contributed by atoms with van der Waals surface area (Å²) in [7, 11) is 6.79. The van der Waals surface area contributed by atoms with Gasteiger partial charge in [0.15, 0.2) is 17.5 Å². The fourth-order valence-electron chi connectivity index (χ4n) is 4.20. The normalized spacial score (nSPS) is 18.6. The van der Waals surface area contributed by atoms with Gasteiger partial charge >= 0.3 is 0 Å². The van der Waals surface area contributed by atoms with Crippen LogP contribution in [-0.4, -0.2) is 58.9 Å². The zero-order valence-corrected chi connectivity index (χ0v) is 16.4. The number of hydrogen-bond acceptors (Lipinski definition) is 4. The first-order valence-electron chi connectivity index (χ1n) is 9.40. The Balaban J connectivity index is 1.60. The minimum atomic E-state index is 0.574. The molecule has 0 atom stereocenters. The molecule has 1 heterocycles. The Kier molecular flexibility index (Phi) is 5.79. The van der Waals surface area contributed by atoms with Crippen LogP contribution in [0.1, 0.15) is 31.2 Å². The quantitative estimate of drug-likeness (QED) is 0.624. The molecule has 1 aromatic carbocycles. The van der Waals surface area contributed by atoms with Crippen molar-refractivity contribution in [2.45, 2.75) is 32.1 Å². The number of nitrogens with one attached hydrogen (secondary N) is 1. The van der Waals surface area contributed by atoms with Gasteiger partial charge in [-0.25, -0.2) is 0 Å². The van der Waals surface area contributed by atoms with Crippen molar-refractivity contribution in [1.82, 2.24) is 10.2 Å². The van der Waals surface area contributed by atoms with Crippen LogP contribution in [0, 0.1) is 5.41 Å². The van der Waals surface area contributed by atoms with Gasteiger partial charge in [0, 0.05) is 32.2 Å². The molecule has 2 aliphatic rings. The highest BCUT2D eigenvalue weighted by Gasteiger charge is 2.43. The first kappa shape index (κ1) is 18.7. The second-order valence-electron chi connectivity index (χ2n) is 7.24. The zero-order chi connectivity index (χ0) is 18.6. The van der Waals surface area contributed by atoms with Crippen LogP contribution in [0.5, 0.6) is 17.2 Å². The summed E-state index contributed by atoms with van der Waals surface area (Å²) in [4.78, 5) is 6.89. The first-order chi connectivity index (χ1) is 12.7. The Bertz CT molecular complexity index is 656. The van der Waals surface area contributed by atoms with Gasteiger partial charge in [-0.3, -0.25) is 4.99 Å². The van der Waals surface area contributed by atoms with Crippen LogP contribution < -0.4 is 19.5 Å². The van der Waals surface area contributed by atoms with Crippen LogP contribution in [0.2, 0.25) is 0 Å². The summed E-state index contributed by atoms with van der Waals surface area (Å²) in [6.45, 7) is 3.05. The SMILES string of the molecule is CN=C(NCCc1ccc(OC)c(OC)c1OC)N1CCC2(CCC2)C1. The number of rotatable bonds is 6. The molecule has 6 heteroatoms. The summed E-state index contributed by atoms with van der Waals surface area (Å²) in [5, 5.41) is 3.51. The van der Waals surface area contributed by atoms with Gasteiger partial charge in [-0.05, 0) is 37.2 Å². The molecule has 2 fully saturated rings. The standard InChI is InChI=1S/C20H31N3O3/c1-21-19(23-13-11-20(14-23)9-5-10-20)22-12-8-15-6-7-16(24-2)18(26-4)17(15)25-3/h6-7H,5,8-14H2,1-4H3,(H,21,22). The molecule has 1 aliphatic carbocycles. The van der Waals surface area contributed by atoms with E-state index in [1.54, 1.807) is 21.3 Å². The Hall–Kier alpha value is -2.11. The third kappa shape index (κ3) is 3.55. The van der Waals surface area contributed by atoms with Crippen molar-refractivity contribution in [3.63, 3.8) is 0 Å². The molecule has 0 radical (unpaired) electrons. The lowest BCUT2D eigenvalue weighted by Gasteiger charge is -2.38. The third-order valence-electron chi connectivity index (χ3n) is 5.83. The van der Waals surface area contributed by atoms with Gasteiger partial charge in [-0.15, -0.1) is 0 Å². The number of likely N-dealkylation sites (tertiary alicyclic amines) is 1. The minimum Gasteiger partial charge on any atom is -0.493 e. The second-order valence-corrected chi connectivity index (χ2v) is 7.24. The van der Waals surface area contributed by atoms with E-state index in [1.807, 2.05) is 19.2 Å². The summed E-state index contributed by atoms with van der Waals surface area (Å²) in [6.07, 6.45) is 6.27. The number of ether oxygens (including phenoxy) is 3. The van der Waals surface area contributed by atoms with Crippen LogP contribution in [-0.2, 0) is 6.42 Å². The fourth-order valence-corrected chi connectivity index (χ4v) is 4.20. The average Bonchev–Trinajstić information content (AvgIpc) is 3.10. The summed E-state index contributed by atoms with van der Waals surface area (Å²) in [5.74, 6) is 3.06. The molecule has 3 rings (SSSR count). The van der Waals surface area contributed by atoms with E-state index in [0.29, 0.717) is 16.9 Å². The summed E-state index contributed by atoms with van der Waals surface area (Å²) < 4.78 is 16.4. The first-order valence-corrected chi connectivity index (χ1v) is 9.40. The molecule has 0 amide bonds. The lowest BCUT2D eigenvalue weighted by Crippen LogP contribution is -2.43. The van der Waals surface area contributed by atoms with Crippen molar-refractivity contribution in [3.05, 3.63) is 17.7 Å².